The molecular weight excluding hydrogens is 445 g/mol. The summed E-state index contributed by atoms with van der Waals surface area (Å²) in [6.45, 7) is 1.46. The molecular formula is C21H22Cl3N5O. The number of pyridine rings is 1. The highest BCUT2D eigenvalue weighted by Crippen LogP contribution is 2.36. The van der Waals surface area contributed by atoms with E-state index in [4.69, 9.17) is 27.9 Å². The first kappa shape index (κ1) is 21.4. The standard InChI is InChI=1S/C21H21Cl2N5O.ClH/c22-15-3-6-19-14(7-15)9-24-12-20-26-27-21(28(19)20)13-1-4-17(5-2-13)29-18-8-16(23)10-25-11-18;/h3,6-8,10-11,13,17,24H,1-2,4-5,9,12H2;1H. The van der Waals surface area contributed by atoms with Gasteiger partial charge in [0.2, 0.25) is 0 Å². The van der Waals surface area contributed by atoms with Gasteiger partial charge in [-0.1, -0.05) is 23.2 Å². The van der Waals surface area contributed by atoms with Crippen molar-refractivity contribution in [1.29, 1.82) is 0 Å². The monoisotopic (exact) mass is 465 g/mol. The Morgan fingerprint density at radius 1 is 0.967 bits per heavy atom. The van der Waals surface area contributed by atoms with Gasteiger partial charge in [-0.3, -0.25) is 9.55 Å². The quantitative estimate of drug-likeness (QED) is 0.582. The van der Waals surface area contributed by atoms with Crippen LogP contribution in [0.2, 0.25) is 10.0 Å². The number of ether oxygens (including phenoxy) is 1. The fraction of sp³-hybridized carbons (Fsp3) is 0.381. The van der Waals surface area contributed by atoms with Crippen LogP contribution < -0.4 is 10.1 Å². The molecule has 1 aromatic carbocycles. The second kappa shape index (κ2) is 9.10. The summed E-state index contributed by atoms with van der Waals surface area (Å²) in [5, 5.41) is 13.8. The molecule has 1 aliphatic carbocycles. The van der Waals surface area contributed by atoms with E-state index in [-0.39, 0.29) is 18.5 Å². The zero-order chi connectivity index (χ0) is 19.8. The van der Waals surface area contributed by atoms with Crippen LogP contribution in [0.4, 0.5) is 0 Å². The summed E-state index contributed by atoms with van der Waals surface area (Å²) in [5.41, 5.74) is 2.29. The van der Waals surface area contributed by atoms with E-state index in [1.165, 1.54) is 5.56 Å². The number of nitrogens with one attached hydrogen (secondary N) is 1. The van der Waals surface area contributed by atoms with Crippen LogP contribution in [0.15, 0.2) is 36.7 Å². The van der Waals surface area contributed by atoms with Crippen LogP contribution in [0.3, 0.4) is 0 Å². The van der Waals surface area contributed by atoms with Gasteiger partial charge in [-0.25, -0.2) is 0 Å². The zero-order valence-corrected chi connectivity index (χ0v) is 18.6. The van der Waals surface area contributed by atoms with E-state index in [1.807, 2.05) is 18.2 Å². The van der Waals surface area contributed by atoms with E-state index in [9.17, 15) is 0 Å². The molecule has 0 bridgehead atoms. The molecule has 0 atom stereocenters. The van der Waals surface area contributed by atoms with Crippen molar-refractivity contribution in [2.24, 2.45) is 0 Å². The summed E-state index contributed by atoms with van der Waals surface area (Å²) < 4.78 is 8.31. The van der Waals surface area contributed by atoms with E-state index in [0.29, 0.717) is 17.5 Å². The number of benzene rings is 1. The van der Waals surface area contributed by atoms with E-state index in [0.717, 1.165) is 60.3 Å². The van der Waals surface area contributed by atoms with Crippen LogP contribution in [-0.4, -0.2) is 25.9 Å². The van der Waals surface area contributed by atoms with Gasteiger partial charge < -0.3 is 10.1 Å². The minimum absolute atomic E-state index is 0. The van der Waals surface area contributed by atoms with Crippen LogP contribution in [0.1, 0.15) is 48.8 Å². The molecule has 1 aliphatic heterocycles. The Kier molecular flexibility index (Phi) is 6.48. The normalized spacial score (nSPS) is 20.5. The Morgan fingerprint density at radius 3 is 2.60 bits per heavy atom. The van der Waals surface area contributed by atoms with Crippen LogP contribution >= 0.6 is 35.6 Å². The molecule has 0 radical (unpaired) electrons. The third-order valence-electron chi connectivity index (χ3n) is 5.66. The Morgan fingerprint density at radius 2 is 1.80 bits per heavy atom. The molecule has 1 N–H and O–H groups in total. The predicted molar refractivity (Wildman–Crippen MR) is 119 cm³/mol. The lowest BCUT2D eigenvalue weighted by Crippen LogP contribution is -2.25. The van der Waals surface area contributed by atoms with E-state index < -0.39 is 0 Å². The minimum atomic E-state index is 0. The van der Waals surface area contributed by atoms with E-state index >= 15 is 0 Å². The first-order valence-electron chi connectivity index (χ1n) is 9.88. The van der Waals surface area contributed by atoms with E-state index in [2.05, 4.69) is 31.1 Å². The molecule has 158 valence electrons. The van der Waals surface area contributed by atoms with Crippen LogP contribution in [0.5, 0.6) is 5.75 Å². The van der Waals surface area contributed by atoms with Crippen molar-refractivity contribution in [3.63, 3.8) is 0 Å². The summed E-state index contributed by atoms with van der Waals surface area (Å²) >= 11 is 12.2. The molecule has 0 amide bonds. The van der Waals surface area contributed by atoms with Crippen molar-refractivity contribution in [1.82, 2.24) is 25.1 Å². The molecule has 1 fully saturated rings. The number of nitrogens with zero attached hydrogens (tertiary/aromatic N) is 4. The maximum Gasteiger partial charge on any atom is 0.151 e. The molecule has 1 saturated carbocycles. The average Bonchev–Trinajstić information content (AvgIpc) is 3.04. The SMILES string of the molecule is Cl.Clc1cncc(OC2CCC(c3nnc4n3-c3ccc(Cl)cc3CNC4)CC2)c1. The first-order chi connectivity index (χ1) is 14.2. The lowest BCUT2D eigenvalue weighted by atomic mass is 9.86. The van der Waals surface area contributed by atoms with Crippen molar-refractivity contribution < 1.29 is 4.74 Å². The smallest absolute Gasteiger partial charge is 0.151 e. The van der Waals surface area contributed by atoms with Gasteiger partial charge in [0.25, 0.3) is 0 Å². The largest absolute Gasteiger partial charge is 0.489 e. The van der Waals surface area contributed by atoms with Gasteiger partial charge in [-0.2, -0.15) is 0 Å². The van der Waals surface area contributed by atoms with Crippen molar-refractivity contribution >= 4 is 35.6 Å². The number of hydrogen-bond acceptors (Lipinski definition) is 5. The molecule has 30 heavy (non-hydrogen) atoms. The second-order valence-electron chi connectivity index (χ2n) is 7.62. The third-order valence-corrected chi connectivity index (χ3v) is 6.10. The van der Waals surface area contributed by atoms with Crippen LogP contribution in [0, 0.1) is 0 Å². The maximum absolute atomic E-state index is 6.22. The molecule has 5 rings (SSSR count). The Hall–Kier alpha value is -1.86. The number of fused-ring (bicyclic) bond motifs is 3. The Labute approximate surface area is 191 Å². The first-order valence-corrected chi connectivity index (χ1v) is 10.6. The second-order valence-corrected chi connectivity index (χ2v) is 8.49. The number of aromatic nitrogens is 4. The van der Waals surface area contributed by atoms with Gasteiger partial charge in [0.15, 0.2) is 5.82 Å². The molecule has 3 heterocycles. The summed E-state index contributed by atoms with van der Waals surface area (Å²) in [5.74, 6) is 3.07. The fourth-order valence-electron chi connectivity index (χ4n) is 4.28. The molecule has 9 heteroatoms. The number of halogens is 3. The highest BCUT2D eigenvalue weighted by Gasteiger charge is 2.30. The van der Waals surface area contributed by atoms with Crippen molar-refractivity contribution in [2.45, 2.75) is 50.8 Å². The Bertz CT molecular complexity index is 1030. The lowest BCUT2D eigenvalue weighted by molar-refractivity contribution is 0.144. The fourth-order valence-corrected chi connectivity index (χ4v) is 4.64. The van der Waals surface area contributed by atoms with Crippen LogP contribution in [0.25, 0.3) is 5.69 Å². The molecule has 6 nitrogen and oxygen atoms in total. The minimum Gasteiger partial charge on any atom is -0.489 e. The predicted octanol–water partition coefficient (Wildman–Crippen LogP) is 5.10. The Balaban J connectivity index is 0.00000218. The topological polar surface area (TPSA) is 64.9 Å². The van der Waals surface area contributed by atoms with Gasteiger partial charge in [0, 0.05) is 29.7 Å². The molecule has 0 saturated heterocycles. The summed E-state index contributed by atoms with van der Waals surface area (Å²) in [6.07, 6.45) is 7.44. The summed E-state index contributed by atoms with van der Waals surface area (Å²) in [4.78, 5) is 4.10. The summed E-state index contributed by atoms with van der Waals surface area (Å²) in [6, 6.07) is 7.84. The average molecular weight is 467 g/mol. The maximum atomic E-state index is 6.22. The molecule has 0 spiro atoms. The van der Waals surface area contributed by atoms with E-state index in [1.54, 1.807) is 12.4 Å². The van der Waals surface area contributed by atoms with Crippen molar-refractivity contribution in [2.75, 3.05) is 0 Å². The molecule has 3 aromatic rings. The van der Waals surface area contributed by atoms with Gasteiger partial charge in [-0.15, -0.1) is 22.6 Å². The zero-order valence-electron chi connectivity index (χ0n) is 16.2. The highest BCUT2D eigenvalue weighted by molar-refractivity contribution is 6.30. The summed E-state index contributed by atoms with van der Waals surface area (Å²) in [7, 11) is 0. The lowest BCUT2D eigenvalue weighted by Gasteiger charge is -2.29. The van der Waals surface area contributed by atoms with Crippen LogP contribution in [-0.2, 0) is 13.1 Å². The third kappa shape index (κ3) is 4.28. The van der Waals surface area contributed by atoms with Gasteiger partial charge >= 0.3 is 0 Å². The molecule has 2 aromatic heterocycles. The molecule has 0 unspecified atom stereocenters. The van der Waals surface area contributed by atoms with Gasteiger partial charge in [-0.05, 0) is 49.4 Å². The van der Waals surface area contributed by atoms with Gasteiger partial charge in [0.1, 0.15) is 11.6 Å². The van der Waals surface area contributed by atoms with Crippen molar-refractivity contribution in [3.8, 4) is 11.4 Å². The number of hydrogen-bond donors (Lipinski definition) is 1. The van der Waals surface area contributed by atoms with Crippen molar-refractivity contribution in [3.05, 3.63) is 63.9 Å². The van der Waals surface area contributed by atoms with Gasteiger partial charge in [0.05, 0.1) is 29.6 Å². The number of rotatable bonds is 3. The molecule has 2 aliphatic rings. The highest BCUT2D eigenvalue weighted by atomic mass is 35.5.